The fourth-order valence-electron chi connectivity index (χ4n) is 3.49. The lowest BCUT2D eigenvalue weighted by atomic mass is 10.1. The van der Waals surface area contributed by atoms with Crippen LogP contribution in [0, 0.1) is 0 Å². The second-order valence-electron chi connectivity index (χ2n) is 7.06. The lowest BCUT2D eigenvalue weighted by Crippen LogP contribution is -2.41. The van der Waals surface area contributed by atoms with Crippen molar-refractivity contribution < 1.29 is 19.5 Å². The smallest absolute Gasteiger partial charge is 0.251 e. The first kappa shape index (κ1) is 20.3. The molecule has 2 heterocycles. The summed E-state index contributed by atoms with van der Waals surface area (Å²) in [5.41, 5.74) is 1.21. The SMILES string of the molecule is O=C1CCC(n2cc3cc(CNC(=O)c4ccc(Cl)c(Cl)c4)ccc3c2O)C(=O)N1. The van der Waals surface area contributed by atoms with Gasteiger partial charge in [0.05, 0.1) is 10.0 Å². The average Bonchev–Trinajstić information content (AvgIpc) is 3.04. The van der Waals surface area contributed by atoms with Crippen LogP contribution in [0.5, 0.6) is 5.88 Å². The number of carbonyl (C=O) groups excluding carboxylic acids is 3. The van der Waals surface area contributed by atoms with Gasteiger partial charge in [-0.25, -0.2) is 0 Å². The van der Waals surface area contributed by atoms with Gasteiger partial charge in [0.2, 0.25) is 11.8 Å². The number of nitrogens with zero attached hydrogens (tertiary/aromatic N) is 1. The molecule has 2 aromatic carbocycles. The van der Waals surface area contributed by atoms with E-state index in [1.54, 1.807) is 30.5 Å². The molecule has 7 nitrogen and oxygen atoms in total. The average molecular weight is 446 g/mol. The number of hydrogen-bond donors (Lipinski definition) is 3. The van der Waals surface area contributed by atoms with Crippen molar-refractivity contribution in [3.8, 4) is 5.88 Å². The van der Waals surface area contributed by atoms with Crippen LogP contribution < -0.4 is 10.6 Å². The van der Waals surface area contributed by atoms with Crippen LogP contribution in [0.4, 0.5) is 0 Å². The molecular weight excluding hydrogens is 429 g/mol. The third kappa shape index (κ3) is 3.86. The van der Waals surface area contributed by atoms with E-state index < -0.39 is 11.9 Å². The monoisotopic (exact) mass is 445 g/mol. The molecule has 1 saturated heterocycles. The van der Waals surface area contributed by atoms with Crippen LogP contribution in [0.2, 0.25) is 10.0 Å². The van der Waals surface area contributed by atoms with Crippen molar-refractivity contribution >= 4 is 51.7 Å². The summed E-state index contributed by atoms with van der Waals surface area (Å²) in [6, 6.07) is 9.34. The number of halogens is 2. The number of hydrogen-bond acceptors (Lipinski definition) is 4. The third-order valence-corrected chi connectivity index (χ3v) is 5.80. The third-order valence-electron chi connectivity index (χ3n) is 5.06. The summed E-state index contributed by atoms with van der Waals surface area (Å²) in [7, 11) is 0. The van der Waals surface area contributed by atoms with Crippen LogP contribution >= 0.6 is 23.2 Å². The molecule has 1 unspecified atom stereocenters. The van der Waals surface area contributed by atoms with Gasteiger partial charge in [-0.2, -0.15) is 0 Å². The summed E-state index contributed by atoms with van der Waals surface area (Å²) >= 11 is 11.8. The number of rotatable bonds is 4. The van der Waals surface area contributed by atoms with Crippen LogP contribution in [0.3, 0.4) is 0 Å². The van der Waals surface area contributed by atoms with E-state index in [4.69, 9.17) is 23.2 Å². The first-order chi connectivity index (χ1) is 14.3. The molecule has 0 radical (unpaired) electrons. The van der Waals surface area contributed by atoms with Gasteiger partial charge in [-0.15, -0.1) is 0 Å². The number of nitrogens with one attached hydrogen (secondary N) is 2. The Morgan fingerprint density at radius 3 is 2.70 bits per heavy atom. The largest absolute Gasteiger partial charge is 0.494 e. The number of aromatic nitrogens is 1. The molecule has 1 fully saturated rings. The van der Waals surface area contributed by atoms with Crippen LogP contribution in [-0.4, -0.2) is 27.4 Å². The van der Waals surface area contributed by atoms with Crippen molar-refractivity contribution in [2.45, 2.75) is 25.4 Å². The van der Waals surface area contributed by atoms with Gasteiger partial charge in [0, 0.05) is 35.5 Å². The highest BCUT2D eigenvalue weighted by Gasteiger charge is 2.30. The molecule has 30 heavy (non-hydrogen) atoms. The summed E-state index contributed by atoms with van der Waals surface area (Å²) in [4.78, 5) is 35.8. The summed E-state index contributed by atoms with van der Waals surface area (Å²) in [5.74, 6) is -1.08. The predicted octanol–water partition coefficient (Wildman–Crippen LogP) is 3.56. The fraction of sp³-hybridized carbons (Fsp3) is 0.190. The molecule has 1 atom stereocenters. The standard InChI is InChI=1S/C21H17Cl2N3O4/c22-15-4-2-12(8-16(15)23)19(28)24-9-11-1-3-14-13(7-11)10-26(21(14)30)17-5-6-18(27)25-20(17)29/h1-4,7-8,10,17,30H,5-6,9H2,(H,24,28)(H,25,27,29). The second kappa shape index (κ2) is 8.01. The minimum atomic E-state index is -0.645. The number of imide groups is 1. The maximum atomic E-state index is 12.3. The van der Waals surface area contributed by atoms with E-state index in [1.165, 1.54) is 10.6 Å². The van der Waals surface area contributed by atoms with Gasteiger partial charge in [-0.05, 0) is 42.3 Å². The molecule has 1 aliphatic rings. The van der Waals surface area contributed by atoms with Gasteiger partial charge in [-0.1, -0.05) is 29.3 Å². The Labute approximate surface area is 181 Å². The molecule has 0 bridgehead atoms. The van der Waals surface area contributed by atoms with E-state index in [0.717, 1.165) is 10.9 Å². The van der Waals surface area contributed by atoms with Crippen molar-refractivity contribution in [2.75, 3.05) is 0 Å². The normalized spacial score (nSPS) is 16.5. The quantitative estimate of drug-likeness (QED) is 0.534. The molecule has 0 aliphatic carbocycles. The Morgan fingerprint density at radius 2 is 1.97 bits per heavy atom. The van der Waals surface area contributed by atoms with Crippen molar-refractivity contribution in [2.24, 2.45) is 0 Å². The minimum Gasteiger partial charge on any atom is -0.494 e. The number of piperidine rings is 1. The molecule has 3 aromatic rings. The topological polar surface area (TPSA) is 100 Å². The Hall–Kier alpha value is -3.03. The van der Waals surface area contributed by atoms with Crippen molar-refractivity contribution in [1.29, 1.82) is 0 Å². The maximum absolute atomic E-state index is 12.3. The van der Waals surface area contributed by atoms with Gasteiger partial charge in [0.25, 0.3) is 5.91 Å². The molecule has 0 spiro atoms. The van der Waals surface area contributed by atoms with Crippen LogP contribution in [-0.2, 0) is 16.1 Å². The fourth-order valence-corrected chi connectivity index (χ4v) is 3.79. The zero-order chi connectivity index (χ0) is 21.4. The molecule has 1 aliphatic heterocycles. The number of benzene rings is 2. The number of amides is 3. The van der Waals surface area contributed by atoms with Crippen LogP contribution in [0.25, 0.3) is 10.8 Å². The summed E-state index contributed by atoms with van der Waals surface area (Å²) < 4.78 is 1.48. The molecule has 9 heteroatoms. The van der Waals surface area contributed by atoms with Crippen molar-refractivity contribution in [1.82, 2.24) is 15.2 Å². The van der Waals surface area contributed by atoms with Gasteiger partial charge in [-0.3, -0.25) is 19.7 Å². The maximum Gasteiger partial charge on any atom is 0.251 e. The van der Waals surface area contributed by atoms with Gasteiger partial charge >= 0.3 is 0 Å². The molecule has 1 aromatic heterocycles. The van der Waals surface area contributed by atoms with E-state index in [9.17, 15) is 19.5 Å². The van der Waals surface area contributed by atoms with E-state index in [0.29, 0.717) is 27.4 Å². The molecule has 3 amide bonds. The first-order valence-corrected chi connectivity index (χ1v) is 9.98. The second-order valence-corrected chi connectivity index (χ2v) is 7.87. The molecule has 3 N–H and O–H groups in total. The zero-order valence-corrected chi connectivity index (χ0v) is 17.1. The summed E-state index contributed by atoms with van der Waals surface area (Å²) in [5, 5.41) is 17.6. The highest BCUT2D eigenvalue weighted by atomic mass is 35.5. The Bertz CT molecular complexity index is 1190. The molecule has 0 saturated carbocycles. The predicted molar refractivity (Wildman–Crippen MR) is 113 cm³/mol. The number of carbonyl (C=O) groups is 3. The highest BCUT2D eigenvalue weighted by molar-refractivity contribution is 6.42. The van der Waals surface area contributed by atoms with Gasteiger partial charge in [0.15, 0.2) is 5.88 Å². The summed E-state index contributed by atoms with van der Waals surface area (Å²) in [6.45, 7) is 0.263. The van der Waals surface area contributed by atoms with Gasteiger partial charge < -0.3 is 15.0 Å². The van der Waals surface area contributed by atoms with Crippen molar-refractivity contribution in [3.63, 3.8) is 0 Å². The van der Waals surface area contributed by atoms with E-state index in [-0.39, 0.29) is 30.7 Å². The zero-order valence-electron chi connectivity index (χ0n) is 15.6. The Kier molecular flexibility index (Phi) is 5.40. The highest BCUT2D eigenvalue weighted by Crippen LogP contribution is 2.33. The molecule has 4 rings (SSSR count). The summed E-state index contributed by atoms with van der Waals surface area (Å²) in [6.07, 6.45) is 2.22. The number of aromatic hydroxyl groups is 1. The Balaban J connectivity index is 1.52. The van der Waals surface area contributed by atoms with E-state index in [1.807, 2.05) is 6.07 Å². The number of fused-ring (bicyclic) bond motifs is 1. The Morgan fingerprint density at radius 1 is 1.17 bits per heavy atom. The lowest BCUT2D eigenvalue weighted by Gasteiger charge is -2.22. The molecule has 154 valence electrons. The van der Waals surface area contributed by atoms with Crippen LogP contribution in [0.15, 0.2) is 42.6 Å². The molecular formula is C21H17Cl2N3O4. The van der Waals surface area contributed by atoms with Gasteiger partial charge in [0.1, 0.15) is 6.04 Å². The van der Waals surface area contributed by atoms with E-state index in [2.05, 4.69) is 10.6 Å². The van der Waals surface area contributed by atoms with Crippen molar-refractivity contribution in [3.05, 3.63) is 63.8 Å². The van der Waals surface area contributed by atoms with Crippen LogP contribution in [0.1, 0.15) is 34.8 Å². The van der Waals surface area contributed by atoms with E-state index >= 15 is 0 Å². The minimum absolute atomic E-state index is 0.0362. The first-order valence-electron chi connectivity index (χ1n) is 9.23. The lowest BCUT2D eigenvalue weighted by molar-refractivity contribution is -0.135.